The maximum absolute atomic E-state index is 12.1. The highest BCUT2D eigenvalue weighted by Gasteiger charge is 2.28. The Kier molecular flexibility index (Phi) is 4.87. The molecule has 0 radical (unpaired) electrons. The topological polar surface area (TPSA) is 57.4 Å². The molecule has 5 nitrogen and oxygen atoms in total. The number of hydrogen-bond acceptors (Lipinski definition) is 5. The summed E-state index contributed by atoms with van der Waals surface area (Å²) in [6.07, 6.45) is -3.10. The van der Waals surface area contributed by atoms with Gasteiger partial charge in [-0.3, -0.25) is 0 Å². The number of benzene rings is 2. The highest BCUT2D eigenvalue weighted by Crippen LogP contribution is 2.22. The summed E-state index contributed by atoms with van der Waals surface area (Å²) < 4.78 is 51.6. The van der Waals surface area contributed by atoms with Crippen molar-refractivity contribution in [3.8, 4) is 23.0 Å². The van der Waals surface area contributed by atoms with E-state index >= 15 is 0 Å². The molecule has 0 bridgehead atoms. The van der Waals surface area contributed by atoms with Gasteiger partial charge in [0.15, 0.2) is 6.61 Å². The molecule has 0 saturated carbocycles. The third kappa shape index (κ3) is 4.97. The van der Waals surface area contributed by atoms with Crippen LogP contribution >= 0.6 is 0 Å². The molecule has 25 heavy (non-hydrogen) atoms. The monoisotopic (exact) mass is 350 g/mol. The third-order valence-electron chi connectivity index (χ3n) is 3.19. The van der Waals surface area contributed by atoms with Crippen molar-refractivity contribution in [2.45, 2.75) is 12.8 Å². The van der Waals surface area contributed by atoms with Crippen LogP contribution in [0.15, 0.2) is 59.3 Å². The molecule has 0 amide bonds. The summed E-state index contributed by atoms with van der Waals surface area (Å²) in [7, 11) is 0. The zero-order chi connectivity index (χ0) is 17.7. The molecule has 1 heterocycles. The number of nitrogens with zero attached hydrogens (tertiary/aromatic N) is 2. The average Bonchev–Trinajstić information content (AvgIpc) is 3.13. The highest BCUT2D eigenvalue weighted by atomic mass is 19.4. The first kappa shape index (κ1) is 16.8. The molecule has 1 aromatic heterocycles. The first-order valence-corrected chi connectivity index (χ1v) is 7.27. The Labute approximate surface area is 141 Å². The minimum Gasteiger partial charge on any atom is -0.489 e. The largest absolute Gasteiger partial charge is 0.489 e. The first-order chi connectivity index (χ1) is 12.0. The van der Waals surface area contributed by atoms with Gasteiger partial charge in [-0.05, 0) is 42.0 Å². The second kappa shape index (κ2) is 7.25. The molecule has 2 aromatic carbocycles. The fourth-order valence-corrected chi connectivity index (χ4v) is 2.01. The van der Waals surface area contributed by atoms with Crippen molar-refractivity contribution in [3.05, 3.63) is 60.5 Å². The normalized spacial score (nSPS) is 11.3. The maximum atomic E-state index is 12.1. The van der Waals surface area contributed by atoms with Crippen LogP contribution in [0.25, 0.3) is 11.5 Å². The van der Waals surface area contributed by atoms with Crippen molar-refractivity contribution in [2.75, 3.05) is 6.61 Å². The zero-order valence-electron chi connectivity index (χ0n) is 12.9. The third-order valence-corrected chi connectivity index (χ3v) is 3.19. The van der Waals surface area contributed by atoms with Crippen molar-refractivity contribution >= 4 is 0 Å². The van der Waals surface area contributed by atoms with E-state index in [1.807, 2.05) is 0 Å². The fourth-order valence-electron chi connectivity index (χ4n) is 2.01. The predicted molar refractivity (Wildman–Crippen MR) is 82.1 cm³/mol. The summed E-state index contributed by atoms with van der Waals surface area (Å²) >= 11 is 0. The Bertz CT molecular complexity index is 786. The molecule has 0 aliphatic heterocycles. The smallest absolute Gasteiger partial charge is 0.422 e. The van der Waals surface area contributed by atoms with Crippen molar-refractivity contribution in [1.29, 1.82) is 0 Å². The van der Waals surface area contributed by atoms with Gasteiger partial charge in [-0.25, -0.2) is 0 Å². The molecule has 3 aromatic rings. The molecular formula is C17H13F3N2O3. The molecule has 0 N–H and O–H groups in total. The highest BCUT2D eigenvalue weighted by molar-refractivity contribution is 5.53. The van der Waals surface area contributed by atoms with Crippen molar-refractivity contribution in [3.63, 3.8) is 0 Å². The van der Waals surface area contributed by atoms with E-state index in [0.29, 0.717) is 11.6 Å². The van der Waals surface area contributed by atoms with Gasteiger partial charge < -0.3 is 13.9 Å². The van der Waals surface area contributed by atoms with Crippen LogP contribution < -0.4 is 9.47 Å². The molecule has 0 unspecified atom stereocenters. The van der Waals surface area contributed by atoms with Crippen LogP contribution in [0.5, 0.6) is 11.5 Å². The summed E-state index contributed by atoms with van der Waals surface area (Å²) in [5.41, 5.74) is 1.58. The Morgan fingerprint density at radius 2 is 1.52 bits per heavy atom. The van der Waals surface area contributed by atoms with E-state index in [2.05, 4.69) is 14.9 Å². The van der Waals surface area contributed by atoms with E-state index in [1.54, 1.807) is 36.4 Å². The van der Waals surface area contributed by atoms with Crippen LogP contribution in [0.2, 0.25) is 0 Å². The van der Waals surface area contributed by atoms with Crippen molar-refractivity contribution in [1.82, 2.24) is 10.2 Å². The van der Waals surface area contributed by atoms with Crippen LogP contribution in [0.4, 0.5) is 13.2 Å². The summed E-state index contributed by atoms with van der Waals surface area (Å²) in [6.45, 7) is -1.03. The lowest BCUT2D eigenvalue weighted by Crippen LogP contribution is -2.19. The molecular weight excluding hydrogens is 337 g/mol. The zero-order valence-corrected chi connectivity index (χ0v) is 12.9. The maximum Gasteiger partial charge on any atom is 0.422 e. The summed E-state index contributed by atoms with van der Waals surface area (Å²) in [5.74, 6) is 1.21. The van der Waals surface area contributed by atoms with Crippen LogP contribution in [-0.2, 0) is 6.61 Å². The van der Waals surface area contributed by atoms with Gasteiger partial charge in [-0.15, -0.1) is 10.2 Å². The summed E-state index contributed by atoms with van der Waals surface area (Å²) in [5, 5.41) is 7.42. The van der Waals surface area contributed by atoms with Crippen molar-refractivity contribution in [2.24, 2.45) is 0 Å². The molecule has 0 atom stereocenters. The van der Waals surface area contributed by atoms with E-state index in [4.69, 9.17) is 9.15 Å². The molecule has 130 valence electrons. The summed E-state index contributed by atoms with van der Waals surface area (Å²) in [4.78, 5) is 0. The second-order valence-corrected chi connectivity index (χ2v) is 5.10. The lowest BCUT2D eigenvalue weighted by Gasteiger charge is -2.10. The molecule has 0 saturated heterocycles. The van der Waals surface area contributed by atoms with E-state index in [9.17, 15) is 13.2 Å². The Morgan fingerprint density at radius 3 is 2.12 bits per heavy atom. The van der Waals surface area contributed by atoms with E-state index in [-0.39, 0.29) is 12.4 Å². The van der Waals surface area contributed by atoms with Gasteiger partial charge in [0.2, 0.25) is 12.3 Å². The molecule has 3 rings (SSSR count). The van der Waals surface area contributed by atoms with Gasteiger partial charge in [0.1, 0.15) is 18.1 Å². The van der Waals surface area contributed by atoms with Crippen LogP contribution in [-0.4, -0.2) is 23.0 Å². The lowest BCUT2D eigenvalue weighted by molar-refractivity contribution is -0.153. The quantitative estimate of drug-likeness (QED) is 0.665. The predicted octanol–water partition coefficient (Wildman–Crippen LogP) is 4.26. The molecule has 0 spiro atoms. The summed E-state index contributed by atoms with van der Waals surface area (Å²) in [6, 6.07) is 13.4. The number of aromatic nitrogens is 2. The van der Waals surface area contributed by atoms with Gasteiger partial charge in [0.25, 0.3) is 0 Å². The van der Waals surface area contributed by atoms with Gasteiger partial charge in [0, 0.05) is 5.56 Å². The second-order valence-electron chi connectivity index (χ2n) is 5.10. The molecule has 0 aliphatic carbocycles. The van der Waals surface area contributed by atoms with E-state index < -0.39 is 12.8 Å². The lowest BCUT2D eigenvalue weighted by atomic mass is 10.2. The minimum atomic E-state index is -4.35. The number of halogens is 3. The molecule has 0 fully saturated rings. The van der Waals surface area contributed by atoms with Crippen LogP contribution in [0.1, 0.15) is 5.56 Å². The Balaban J connectivity index is 1.53. The molecule has 0 aliphatic rings. The van der Waals surface area contributed by atoms with Crippen molar-refractivity contribution < 1.29 is 27.1 Å². The van der Waals surface area contributed by atoms with Gasteiger partial charge in [-0.1, -0.05) is 12.1 Å². The fraction of sp³-hybridized carbons (Fsp3) is 0.176. The van der Waals surface area contributed by atoms with Crippen LogP contribution in [0, 0.1) is 0 Å². The standard InChI is InChI=1S/C17H13F3N2O3/c18-17(19,20)10-24-15-5-1-12(2-6-15)9-23-14-7-3-13(4-8-14)16-22-21-11-25-16/h1-8,11H,9-10H2. The van der Waals surface area contributed by atoms with Gasteiger partial charge in [-0.2, -0.15) is 13.2 Å². The van der Waals surface area contributed by atoms with Gasteiger partial charge >= 0.3 is 6.18 Å². The minimum absolute atomic E-state index is 0.157. The average molecular weight is 350 g/mol. The van der Waals surface area contributed by atoms with Gasteiger partial charge in [0.05, 0.1) is 0 Å². The van der Waals surface area contributed by atoms with E-state index in [1.165, 1.54) is 18.5 Å². The van der Waals surface area contributed by atoms with Crippen LogP contribution in [0.3, 0.4) is 0 Å². The number of rotatable bonds is 6. The van der Waals surface area contributed by atoms with E-state index in [0.717, 1.165) is 11.1 Å². The Morgan fingerprint density at radius 1 is 0.880 bits per heavy atom. The first-order valence-electron chi connectivity index (χ1n) is 7.27. The molecule has 8 heteroatoms. The number of hydrogen-bond donors (Lipinski definition) is 0. The number of ether oxygens (including phenoxy) is 2. The Hall–Kier alpha value is -3.03. The number of alkyl halides is 3. The SMILES string of the molecule is FC(F)(F)COc1ccc(COc2ccc(-c3nnco3)cc2)cc1.